The Kier molecular flexibility index (Phi) is 6.96. The Morgan fingerprint density at radius 2 is 1.85 bits per heavy atom. The minimum absolute atomic E-state index is 0.0394. The molecule has 0 bridgehead atoms. The molecule has 0 fully saturated rings. The zero-order valence-electron chi connectivity index (χ0n) is 13.9. The molecule has 2 rings (SSSR count). The standard InChI is InChI=1S/C17H17ClFNO5S/c1-20-26(22,23)14-7-8-16(18)15(11-14)17(21)25-10-2-9-24-13-5-3-12(19)4-6-13/h3-8,11,20H,2,9-10H2,1H3. The van der Waals surface area contributed by atoms with Gasteiger partial charge in [0.2, 0.25) is 10.0 Å². The first-order valence-electron chi connectivity index (χ1n) is 7.62. The van der Waals surface area contributed by atoms with Crippen molar-refractivity contribution in [3.8, 4) is 5.75 Å². The van der Waals surface area contributed by atoms with Crippen LogP contribution >= 0.6 is 11.6 Å². The summed E-state index contributed by atoms with van der Waals surface area (Å²) in [5.74, 6) is -0.582. The molecule has 0 aliphatic rings. The topological polar surface area (TPSA) is 81.7 Å². The lowest BCUT2D eigenvalue weighted by Gasteiger charge is -2.09. The molecule has 0 saturated carbocycles. The quantitative estimate of drug-likeness (QED) is 0.543. The van der Waals surface area contributed by atoms with Crippen LogP contribution in [0.5, 0.6) is 5.75 Å². The van der Waals surface area contributed by atoms with Gasteiger partial charge in [0.15, 0.2) is 0 Å². The Labute approximate surface area is 155 Å². The molecule has 2 aromatic rings. The average Bonchev–Trinajstić information content (AvgIpc) is 2.63. The average molecular weight is 402 g/mol. The fourth-order valence-corrected chi connectivity index (χ4v) is 2.92. The van der Waals surface area contributed by atoms with Crippen LogP contribution in [0.25, 0.3) is 0 Å². The Morgan fingerprint density at radius 3 is 2.50 bits per heavy atom. The van der Waals surface area contributed by atoms with Gasteiger partial charge in [-0.1, -0.05) is 11.6 Å². The summed E-state index contributed by atoms with van der Waals surface area (Å²) in [6.45, 7) is 0.320. The van der Waals surface area contributed by atoms with E-state index < -0.39 is 16.0 Å². The van der Waals surface area contributed by atoms with Crippen LogP contribution in [-0.4, -0.2) is 34.6 Å². The Balaban J connectivity index is 1.87. The van der Waals surface area contributed by atoms with Gasteiger partial charge in [0.25, 0.3) is 0 Å². The van der Waals surface area contributed by atoms with E-state index in [0.29, 0.717) is 12.2 Å². The maximum absolute atomic E-state index is 12.8. The van der Waals surface area contributed by atoms with E-state index in [2.05, 4.69) is 4.72 Å². The second kappa shape index (κ2) is 8.98. The molecule has 0 atom stereocenters. The van der Waals surface area contributed by atoms with Crippen molar-refractivity contribution in [1.29, 1.82) is 0 Å². The van der Waals surface area contributed by atoms with Crippen LogP contribution < -0.4 is 9.46 Å². The molecular formula is C17H17ClFNO5S. The highest BCUT2D eigenvalue weighted by molar-refractivity contribution is 7.89. The van der Waals surface area contributed by atoms with Gasteiger partial charge in [-0.25, -0.2) is 22.3 Å². The summed E-state index contributed by atoms with van der Waals surface area (Å²) in [5, 5.41) is 0.0904. The lowest BCUT2D eigenvalue weighted by atomic mass is 10.2. The Morgan fingerprint density at radius 1 is 1.15 bits per heavy atom. The summed E-state index contributed by atoms with van der Waals surface area (Å²) in [7, 11) is -2.43. The van der Waals surface area contributed by atoms with Crippen LogP contribution in [0.4, 0.5) is 4.39 Å². The van der Waals surface area contributed by atoms with E-state index in [1.54, 1.807) is 0 Å². The van der Waals surface area contributed by atoms with Crippen molar-refractivity contribution in [2.75, 3.05) is 20.3 Å². The highest BCUT2D eigenvalue weighted by atomic mass is 35.5. The molecule has 1 N–H and O–H groups in total. The molecule has 0 heterocycles. The normalized spacial score (nSPS) is 11.2. The molecule has 0 unspecified atom stereocenters. The van der Waals surface area contributed by atoms with Crippen molar-refractivity contribution in [1.82, 2.24) is 4.72 Å². The third kappa shape index (κ3) is 5.42. The van der Waals surface area contributed by atoms with Crippen molar-refractivity contribution >= 4 is 27.6 Å². The number of esters is 1. The third-order valence-corrected chi connectivity index (χ3v) is 5.08. The number of rotatable bonds is 8. The number of carbonyl (C=O) groups excluding carboxylic acids is 1. The maximum Gasteiger partial charge on any atom is 0.339 e. The fraction of sp³-hybridized carbons (Fsp3) is 0.235. The summed E-state index contributed by atoms with van der Waals surface area (Å²) >= 11 is 5.95. The van der Waals surface area contributed by atoms with Crippen LogP contribution in [0.1, 0.15) is 16.8 Å². The first-order chi connectivity index (χ1) is 12.3. The van der Waals surface area contributed by atoms with E-state index in [4.69, 9.17) is 21.1 Å². The van der Waals surface area contributed by atoms with Gasteiger partial charge in [0, 0.05) is 6.42 Å². The lowest BCUT2D eigenvalue weighted by Crippen LogP contribution is -2.19. The smallest absolute Gasteiger partial charge is 0.339 e. The number of hydrogen-bond acceptors (Lipinski definition) is 5. The van der Waals surface area contributed by atoms with Gasteiger partial charge in [-0.05, 0) is 49.5 Å². The van der Waals surface area contributed by atoms with Crippen LogP contribution in [0.3, 0.4) is 0 Å². The van der Waals surface area contributed by atoms with Gasteiger partial charge in [-0.15, -0.1) is 0 Å². The van der Waals surface area contributed by atoms with E-state index in [1.807, 2.05) is 0 Å². The van der Waals surface area contributed by atoms with E-state index in [-0.39, 0.29) is 34.5 Å². The monoisotopic (exact) mass is 401 g/mol. The largest absolute Gasteiger partial charge is 0.493 e. The summed E-state index contributed by atoms with van der Waals surface area (Å²) < 4.78 is 49.0. The minimum Gasteiger partial charge on any atom is -0.493 e. The number of ether oxygens (including phenoxy) is 2. The van der Waals surface area contributed by atoms with Gasteiger partial charge in [-0.2, -0.15) is 0 Å². The molecule has 0 aliphatic heterocycles. The first kappa shape index (κ1) is 20.2. The van der Waals surface area contributed by atoms with Crippen molar-refractivity contribution in [3.63, 3.8) is 0 Å². The highest BCUT2D eigenvalue weighted by Crippen LogP contribution is 2.21. The Hall–Kier alpha value is -2.16. The second-order valence-corrected chi connectivity index (χ2v) is 7.43. The second-order valence-electron chi connectivity index (χ2n) is 5.14. The molecule has 0 radical (unpaired) electrons. The van der Waals surface area contributed by atoms with Crippen LogP contribution in [-0.2, 0) is 14.8 Å². The van der Waals surface area contributed by atoms with Gasteiger partial charge < -0.3 is 9.47 Å². The van der Waals surface area contributed by atoms with Crippen molar-refractivity contribution < 1.29 is 27.1 Å². The number of benzene rings is 2. The van der Waals surface area contributed by atoms with E-state index in [9.17, 15) is 17.6 Å². The fourth-order valence-electron chi connectivity index (χ4n) is 1.97. The number of nitrogens with one attached hydrogen (secondary N) is 1. The Bertz CT molecular complexity index is 871. The molecule has 6 nitrogen and oxygen atoms in total. The maximum atomic E-state index is 12.8. The van der Waals surface area contributed by atoms with Crippen molar-refractivity contribution in [2.45, 2.75) is 11.3 Å². The molecular weight excluding hydrogens is 385 g/mol. The molecule has 0 amide bonds. The lowest BCUT2D eigenvalue weighted by molar-refractivity contribution is 0.0486. The van der Waals surface area contributed by atoms with Crippen molar-refractivity contribution in [2.24, 2.45) is 0 Å². The van der Waals surface area contributed by atoms with Gasteiger partial charge in [0.05, 0.1) is 28.7 Å². The van der Waals surface area contributed by atoms with Gasteiger partial charge in [-0.3, -0.25) is 0 Å². The van der Waals surface area contributed by atoms with Gasteiger partial charge in [0.1, 0.15) is 11.6 Å². The number of carbonyl (C=O) groups is 1. The summed E-state index contributed by atoms with van der Waals surface area (Å²) in [6.07, 6.45) is 0.398. The SMILES string of the molecule is CNS(=O)(=O)c1ccc(Cl)c(C(=O)OCCCOc2ccc(F)cc2)c1. The van der Waals surface area contributed by atoms with Gasteiger partial charge >= 0.3 is 5.97 Å². The molecule has 0 aliphatic carbocycles. The molecule has 140 valence electrons. The summed E-state index contributed by atoms with van der Waals surface area (Å²) in [4.78, 5) is 12.0. The molecule has 2 aromatic carbocycles. The highest BCUT2D eigenvalue weighted by Gasteiger charge is 2.18. The predicted molar refractivity (Wildman–Crippen MR) is 94.5 cm³/mol. The van der Waals surface area contributed by atoms with Crippen LogP contribution in [0, 0.1) is 5.82 Å². The molecule has 26 heavy (non-hydrogen) atoms. The molecule has 9 heteroatoms. The third-order valence-electron chi connectivity index (χ3n) is 3.34. The molecule has 0 spiro atoms. The molecule has 0 saturated heterocycles. The van der Waals surface area contributed by atoms with E-state index >= 15 is 0 Å². The van der Waals surface area contributed by atoms with Crippen molar-refractivity contribution in [3.05, 3.63) is 58.9 Å². The number of sulfonamides is 1. The summed E-state index contributed by atoms with van der Waals surface area (Å²) in [5.41, 5.74) is -0.0394. The van der Waals surface area contributed by atoms with E-state index in [1.165, 1.54) is 43.4 Å². The predicted octanol–water partition coefficient (Wildman–Crippen LogP) is 3.01. The zero-order chi connectivity index (χ0) is 19.2. The van der Waals surface area contributed by atoms with E-state index in [0.717, 1.165) is 6.07 Å². The van der Waals surface area contributed by atoms with Crippen LogP contribution in [0.15, 0.2) is 47.4 Å². The summed E-state index contributed by atoms with van der Waals surface area (Å²) in [6, 6.07) is 9.32. The molecule has 0 aromatic heterocycles. The zero-order valence-corrected chi connectivity index (χ0v) is 15.4. The number of halogens is 2. The number of hydrogen-bond donors (Lipinski definition) is 1. The minimum atomic E-state index is -3.70. The first-order valence-corrected chi connectivity index (χ1v) is 9.48. The van der Waals surface area contributed by atoms with Crippen LogP contribution in [0.2, 0.25) is 5.02 Å².